The van der Waals surface area contributed by atoms with E-state index in [1.807, 2.05) is 24.3 Å². The molecule has 0 spiro atoms. The van der Waals surface area contributed by atoms with Gasteiger partial charge >= 0.3 is 0 Å². The Labute approximate surface area is 165 Å². The summed E-state index contributed by atoms with van der Waals surface area (Å²) in [5.41, 5.74) is 5.82. The van der Waals surface area contributed by atoms with Gasteiger partial charge in [0, 0.05) is 11.6 Å². The van der Waals surface area contributed by atoms with E-state index in [1.165, 1.54) is 37.7 Å². The molecule has 0 saturated carbocycles. The van der Waals surface area contributed by atoms with E-state index in [0.29, 0.717) is 11.5 Å². The minimum absolute atomic E-state index is 0.211. The third-order valence-corrected chi connectivity index (χ3v) is 4.74. The monoisotopic (exact) mass is 401 g/mol. The second-order valence-corrected chi connectivity index (χ2v) is 6.79. The molecule has 1 heterocycles. The van der Waals surface area contributed by atoms with Gasteiger partial charge in [-0.15, -0.1) is 11.3 Å². The van der Waals surface area contributed by atoms with Crippen LogP contribution in [0.1, 0.15) is 15.4 Å². The number of aromatic nitrogens is 1. The maximum absolute atomic E-state index is 12.2. The van der Waals surface area contributed by atoms with Crippen LogP contribution in [0.2, 0.25) is 0 Å². The first-order chi connectivity index (χ1) is 13.6. The van der Waals surface area contributed by atoms with Crippen molar-refractivity contribution in [2.24, 2.45) is 0 Å². The quantitative estimate of drug-likeness (QED) is 0.590. The van der Waals surface area contributed by atoms with E-state index < -0.39 is 11.8 Å². The van der Waals surface area contributed by atoms with E-state index in [2.05, 4.69) is 15.8 Å². The summed E-state index contributed by atoms with van der Waals surface area (Å²) in [6, 6.07) is 12.5. The van der Waals surface area contributed by atoms with E-state index >= 15 is 0 Å². The van der Waals surface area contributed by atoms with Gasteiger partial charge in [0.15, 0.2) is 0 Å². The van der Waals surface area contributed by atoms with Crippen LogP contribution < -0.4 is 20.3 Å². The Morgan fingerprint density at radius 2 is 1.75 bits per heavy atom. The van der Waals surface area contributed by atoms with Crippen LogP contribution in [0, 0.1) is 0 Å². The Hall–Kier alpha value is -3.17. The van der Waals surface area contributed by atoms with Crippen molar-refractivity contribution in [1.29, 1.82) is 0 Å². The summed E-state index contributed by atoms with van der Waals surface area (Å²) in [7, 11) is 2.97. The lowest BCUT2D eigenvalue weighted by molar-refractivity contribution is -0.126. The van der Waals surface area contributed by atoms with Crippen LogP contribution >= 0.6 is 11.3 Å². The van der Waals surface area contributed by atoms with Crippen LogP contribution in [0.3, 0.4) is 0 Å². The number of benzene rings is 2. The van der Waals surface area contributed by atoms with Crippen LogP contribution in [-0.2, 0) is 16.1 Å². The molecule has 146 valence electrons. The van der Waals surface area contributed by atoms with Gasteiger partial charge in [0.2, 0.25) is 0 Å². The van der Waals surface area contributed by atoms with Gasteiger partial charge in [-0.1, -0.05) is 12.1 Å². The second-order valence-electron chi connectivity index (χ2n) is 5.67. The number of fused-ring (bicyclic) bond motifs is 1. The molecular formula is C19H19N3O5S. The third-order valence-electron chi connectivity index (χ3n) is 3.73. The lowest BCUT2D eigenvalue weighted by atomic mass is 10.2. The summed E-state index contributed by atoms with van der Waals surface area (Å²) in [6.45, 7) is 0.00539. The van der Waals surface area contributed by atoms with Gasteiger partial charge in [-0.2, -0.15) is 0 Å². The van der Waals surface area contributed by atoms with E-state index in [1.54, 1.807) is 6.07 Å². The number of ether oxygens (including phenoxy) is 3. The first-order valence-electron chi connectivity index (χ1n) is 8.33. The van der Waals surface area contributed by atoms with Gasteiger partial charge in [0.05, 0.1) is 31.0 Å². The van der Waals surface area contributed by atoms with Gasteiger partial charge in [-0.3, -0.25) is 20.4 Å². The molecule has 0 fully saturated rings. The normalized spacial score (nSPS) is 10.5. The number of amides is 2. The second kappa shape index (κ2) is 9.16. The number of methoxy groups -OCH3 is 2. The molecule has 3 aromatic rings. The van der Waals surface area contributed by atoms with Crippen LogP contribution in [0.15, 0.2) is 42.5 Å². The number of hydrazine groups is 1. The zero-order chi connectivity index (χ0) is 19.9. The average Bonchev–Trinajstić information content (AvgIpc) is 3.14. The van der Waals surface area contributed by atoms with Crippen molar-refractivity contribution in [3.63, 3.8) is 0 Å². The first kappa shape index (κ1) is 19.6. The predicted molar refractivity (Wildman–Crippen MR) is 104 cm³/mol. The van der Waals surface area contributed by atoms with Gasteiger partial charge in [0.1, 0.15) is 23.1 Å². The Balaban J connectivity index is 1.46. The van der Waals surface area contributed by atoms with Crippen LogP contribution in [0.25, 0.3) is 10.2 Å². The highest BCUT2D eigenvalue weighted by atomic mass is 32.1. The molecule has 2 aromatic carbocycles. The molecule has 3 rings (SSSR count). The molecule has 0 aliphatic carbocycles. The molecule has 8 nitrogen and oxygen atoms in total. The molecular weight excluding hydrogens is 382 g/mol. The number of hydrogen-bond donors (Lipinski definition) is 2. The predicted octanol–water partition coefficient (Wildman–Crippen LogP) is 2.29. The van der Waals surface area contributed by atoms with Crippen LogP contribution in [0.5, 0.6) is 11.5 Å². The zero-order valence-electron chi connectivity index (χ0n) is 15.4. The summed E-state index contributed by atoms with van der Waals surface area (Å²) in [4.78, 5) is 28.5. The highest BCUT2D eigenvalue weighted by Gasteiger charge is 2.11. The number of thiazole rings is 1. The molecule has 0 saturated heterocycles. The highest BCUT2D eigenvalue weighted by Crippen LogP contribution is 2.23. The van der Waals surface area contributed by atoms with Crippen molar-refractivity contribution in [2.75, 3.05) is 20.8 Å². The van der Waals surface area contributed by atoms with Crippen LogP contribution in [-0.4, -0.2) is 37.6 Å². The zero-order valence-corrected chi connectivity index (χ0v) is 16.2. The molecule has 2 N–H and O–H groups in total. The summed E-state index contributed by atoms with van der Waals surface area (Å²) in [5.74, 6) is -0.0500. The lowest BCUT2D eigenvalue weighted by Gasteiger charge is -2.10. The molecule has 28 heavy (non-hydrogen) atoms. The number of hydrogen-bond acceptors (Lipinski definition) is 7. The molecule has 1 aromatic heterocycles. The van der Waals surface area contributed by atoms with E-state index in [9.17, 15) is 9.59 Å². The van der Waals surface area contributed by atoms with Crippen molar-refractivity contribution < 1.29 is 23.8 Å². The van der Waals surface area contributed by atoms with Crippen molar-refractivity contribution in [2.45, 2.75) is 6.61 Å². The number of para-hydroxylation sites is 1. The summed E-state index contributed by atoms with van der Waals surface area (Å²) < 4.78 is 16.7. The fraction of sp³-hybridized carbons (Fsp3) is 0.211. The first-order valence-corrected chi connectivity index (χ1v) is 9.15. The largest absolute Gasteiger partial charge is 0.497 e. The maximum atomic E-state index is 12.2. The van der Waals surface area contributed by atoms with Crippen molar-refractivity contribution in [3.8, 4) is 11.5 Å². The molecule has 0 bridgehead atoms. The summed E-state index contributed by atoms with van der Waals surface area (Å²) in [5, 5.41) is 0.779. The minimum atomic E-state index is -0.503. The molecule has 0 radical (unpaired) electrons. The average molecular weight is 401 g/mol. The maximum Gasteiger partial charge on any atom is 0.269 e. The van der Waals surface area contributed by atoms with E-state index in [0.717, 1.165) is 15.2 Å². The Morgan fingerprint density at radius 3 is 2.43 bits per heavy atom. The van der Waals surface area contributed by atoms with E-state index in [4.69, 9.17) is 14.2 Å². The standard InChI is InChI=1S/C19H19N3O5S/c1-25-13-7-12(8-14(9-13)26-2)19(24)22-21-17(23)10-27-11-18-20-15-5-3-4-6-16(15)28-18/h3-9H,10-11H2,1-2H3,(H,21,23)(H,22,24). The Morgan fingerprint density at radius 1 is 1.04 bits per heavy atom. The molecule has 0 atom stereocenters. The Bertz CT molecular complexity index is 933. The topological polar surface area (TPSA) is 98.8 Å². The van der Waals surface area contributed by atoms with Crippen molar-refractivity contribution in [1.82, 2.24) is 15.8 Å². The minimum Gasteiger partial charge on any atom is -0.497 e. The van der Waals surface area contributed by atoms with Gasteiger partial charge < -0.3 is 14.2 Å². The van der Waals surface area contributed by atoms with Crippen molar-refractivity contribution >= 4 is 33.4 Å². The van der Waals surface area contributed by atoms with Crippen molar-refractivity contribution in [3.05, 3.63) is 53.0 Å². The number of rotatable bonds is 7. The fourth-order valence-corrected chi connectivity index (χ4v) is 3.29. The third kappa shape index (κ3) is 4.96. The summed E-state index contributed by atoms with van der Waals surface area (Å²) in [6.07, 6.45) is 0. The SMILES string of the molecule is COc1cc(OC)cc(C(=O)NNC(=O)COCc2nc3ccccc3s2)c1. The molecule has 0 unspecified atom stereocenters. The molecule has 9 heteroatoms. The highest BCUT2D eigenvalue weighted by molar-refractivity contribution is 7.18. The number of nitrogens with zero attached hydrogens (tertiary/aromatic N) is 1. The molecule has 0 aliphatic rings. The summed E-state index contributed by atoms with van der Waals surface area (Å²) >= 11 is 1.51. The van der Waals surface area contributed by atoms with Gasteiger partial charge in [0.25, 0.3) is 11.8 Å². The number of nitrogens with one attached hydrogen (secondary N) is 2. The number of carbonyl (C=O) groups is 2. The fourth-order valence-electron chi connectivity index (χ4n) is 2.39. The number of carbonyl (C=O) groups excluding carboxylic acids is 2. The smallest absolute Gasteiger partial charge is 0.269 e. The van der Waals surface area contributed by atoms with E-state index in [-0.39, 0.29) is 18.8 Å². The lowest BCUT2D eigenvalue weighted by Crippen LogP contribution is -2.43. The molecule has 0 aliphatic heterocycles. The van der Waals surface area contributed by atoms with Gasteiger partial charge in [-0.25, -0.2) is 4.98 Å². The molecule has 2 amide bonds. The van der Waals surface area contributed by atoms with Gasteiger partial charge in [-0.05, 0) is 24.3 Å². The Kier molecular flexibility index (Phi) is 6.41. The van der Waals surface area contributed by atoms with Crippen LogP contribution in [0.4, 0.5) is 0 Å².